The zero-order valence-electron chi connectivity index (χ0n) is 18.3. The lowest BCUT2D eigenvalue weighted by atomic mass is 9.81. The third-order valence-corrected chi connectivity index (χ3v) is 6.46. The van der Waals surface area contributed by atoms with E-state index >= 15 is 0 Å². The Morgan fingerprint density at radius 2 is 1.90 bits per heavy atom. The molecule has 3 atom stereocenters. The first-order chi connectivity index (χ1) is 14.4. The van der Waals surface area contributed by atoms with Crippen LogP contribution in [0.25, 0.3) is 0 Å². The maximum atomic E-state index is 13.4. The van der Waals surface area contributed by atoms with Gasteiger partial charge in [0.2, 0.25) is 0 Å². The molecule has 2 aromatic heterocycles. The topological polar surface area (TPSA) is 93.3 Å². The number of carbonyl (C=O) groups excluding carboxylic acids is 2. The molecule has 8 heteroatoms. The zero-order chi connectivity index (χ0) is 21.4. The van der Waals surface area contributed by atoms with Crippen LogP contribution in [0.4, 0.5) is 0 Å². The van der Waals surface area contributed by atoms with E-state index in [1.54, 1.807) is 11.6 Å². The summed E-state index contributed by atoms with van der Waals surface area (Å²) in [6, 6.07) is 2.16. The number of aryl methyl sites for hydroxylation is 4. The largest absolute Gasteiger partial charge is 0.361 e. The highest BCUT2D eigenvalue weighted by Gasteiger charge is 2.43. The highest BCUT2D eigenvalue weighted by molar-refractivity contribution is 5.97. The molecule has 2 aliphatic heterocycles. The summed E-state index contributed by atoms with van der Waals surface area (Å²) >= 11 is 0. The SMILES string of the molecule is CCc1noc(C)c1C(=O)N1[C@@H]2CCC[C@H]1CC(NC(=O)c1cc(C)nn1CC)C2. The molecule has 2 aromatic rings. The fourth-order valence-electron chi connectivity index (χ4n) is 5.12. The lowest BCUT2D eigenvalue weighted by Gasteiger charge is -2.49. The van der Waals surface area contributed by atoms with E-state index in [9.17, 15) is 9.59 Å². The van der Waals surface area contributed by atoms with Crippen LogP contribution in [-0.4, -0.2) is 49.8 Å². The van der Waals surface area contributed by atoms with E-state index in [1.165, 1.54) is 0 Å². The molecule has 162 valence electrons. The summed E-state index contributed by atoms with van der Waals surface area (Å²) in [6.45, 7) is 8.33. The Bertz CT molecular complexity index is 933. The molecule has 2 bridgehead atoms. The molecular weight excluding hydrogens is 382 g/mol. The first-order valence-corrected chi connectivity index (χ1v) is 11.1. The highest BCUT2D eigenvalue weighted by atomic mass is 16.5. The van der Waals surface area contributed by atoms with Gasteiger partial charge >= 0.3 is 0 Å². The molecule has 0 saturated carbocycles. The number of nitrogens with one attached hydrogen (secondary N) is 1. The molecule has 30 heavy (non-hydrogen) atoms. The van der Waals surface area contributed by atoms with Crippen LogP contribution in [0.5, 0.6) is 0 Å². The Morgan fingerprint density at radius 3 is 2.53 bits per heavy atom. The van der Waals surface area contributed by atoms with Gasteiger partial charge in [-0.05, 0) is 65.4 Å². The van der Waals surface area contributed by atoms with Gasteiger partial charge in [0, 0.05) is 24.7 Å². The Kier molecular flexibility index (Phi) is 5.66. The second-order valence-corrected chi connectivity index (χ2v) is 8.49. The third kappa shape index (κ3) is 3.63. The van der Waals surface area contributed by atoms with Crippen LogP contribution in [0, 0.1) is 13.8 Å². The Labute approximate surface area is 177 Å². The van der Waals surface area contributed by atoms with Crippen molar-refractivity contribution in [1.82, 2.24) is 25.2 Å². The second-order valence-electron chi connectivity index (χ2n) is 8.49. The average molecular weight is 414 g/mol. The standard InChI is InChI=1S/C22H31N5O3/c1-5-18-20(14(4)30-25-18)22(29)27-16-8-7-9-17(27)12-15(11-16)23-21(28)19-10-13(3)24-26(19)6-2/h10,15-17H,5-9,11-12H2,1-4H3,(H,23,28)/t15?,16-,17+. The van der Waals surface area contributed by atoms with Gasteiger partial charge < -0.3 is 14.7 Å². The minimum atomic E-state index is -0.0801. The van der Waals surface area contributed by atoms with E-state index in [0.717, 1.165) is 43.5 Å². The number of rotatable bonds is 5. The molecule has 1 unspecified atom stereocenters. The van der Waals surface area contributed by atoms with Crippen molar-refractivity contribution < 1.29 is 14.1 Å². The Morgan fingerprint density at radius 1 is 1.20 bits per heavy atom. The molecule has 2 saturated heterocycles. The van der Waals surface area contributed by atoms with Gasteiger partial charge in [-0.15, -0.1) is 0 Å². The predicted molar refractivity (Wildman–Crippen MR) is 111 cm³/mol. The first-order valence-electron chi connectivity index (χ1n) is 11.1. The molecule has 4 heterocycles. The van der Waals surface area contributed by atoms with Crippen LogP contribution in [0.15, 0.2) is 10.6 Å². The van der Waals surface area contributed by atoms with Crippen molar-refractivity contribution in [1.29, 1.82) is 0 Å². The van der Waals surface area contributed by atoms with E-state index in [0.29, 0.717) is 30.0 Å². The minimum absolute atomic E-state index is 0.0322. The quantitative estimate of drug-likeness (QED) is 0.813. The maximum absolute atomic E-state index is 13.4. The second kappa shape index (κ2) is 8.24. The van der Waals surface area contributed by atoms with E-state index in [2.05, 4.69) is 15.6 Å². The van der Waals surface area contributed by atoms with Gasteiger partial charge in [-0.2, -0.15) is 5.10 Å². The number of carbonyl (C=O) groups is 2. The fraction of sp³-hybridized carbons (Fsp3) is 0.636. The van der Waals surface area contributed by atoms with Crippen molar-refractivity contribution in [3.8, 4) is 0 Å². The molecule has 2 aliphatic rings. The number of piperidine rings is 2. The van der Waals surface area contributed by atoms with E-state index in [-0.39, 0.29) is 29.9 Å². The van der Waals surface area contributed by atoms with Crippen molar-refractivity contribution >= 4 is 11.8 Å². The summed E-state index contributed by atoms with van der Waals surface area (Å²) in [6.07, 6.45) is 5.27. The molecule has 4 rings (SSSR count). The molecule has 0 aliphatic carbocycles. The molecule has 0 radical (unpaired) electrons. The summed E-state index contributed by atoms with van der Waals surface area (Å²) in [4.78, 5) is 28.4. The number of hydrogen-bond donors (Lipinski definition) is 1. The number of amides is 2. The predicted octanol–water partition coefficient (Wildman–Crippen LogP) is 3.03. The number of nitrogens with zero attached hydrogens (tertiary/aromatic N) is 4. The maximum Gasteiger partial charge on any atom is 0.269 e. The van der Waals surface area contributed by atoms with Crippen molar-refractivity contribution in [2.24, 2.45) is 0 Å². The van der Waals surface area contributed by atoms with Crippen LogP contribution in [0.3, 0.4) is 0 Å². The molecule has 2 amide bonds. The van der Waals surface area contributed by atoms with Crippen molar-refractivity contribution in [2.75, 3.05) is 0 Å². The van der Waals surface area contributed by atoms with E-state index in [1.807, 2.05) is 31.7 Å². The van der Waals surface area contributed by atoms with Crippen molar-refractivity contribution in [2.45, 2.75) is 90.9 Å². The molecule has 0 spiro atoms. The van der Waals surface area contributed by atoms with Crippen LogP contribution in [-0.2, 0) is 13.0 Å². The van der Waals surface area contributed by atoms with Gasteiger partial charge in [-0.25, -0.2) is 0 Å². The Hall–Kier alpha value is -2.64. The molecule has 1 N–H and O–H groups in total. The number of hydrogen-bond acceptors (Lipinski definition) is 5. The molecule has 0 aromatic carbocycles. The van der Waals surface area contributed by atoms with Crippen molar-refractivity contribution in [3.05, 3.63) is 34.5 Å². The van der Waals surface area contributed by atoms with Crippen LogP contribution >= 0.6 is 0 Å². The van der Waals surface area contributed by atoms with Crippen LogP contribution in [0.1, 0.15) is 83.9 Å². The number of aromatic nitrogens is 3. The summed E-state index contributed by atoms with van der Waals surface area (Å²) in [5, 5.41) is 11.7. The number of fused-ring (bicyclic) bond motifs is 2. The lowest BCUT2D eigenvalue weighted by molar-refractivity contribution is 0.0204. The summed E-state index contributed by atoms with van der Waals surface area (Å²) in [5.41, 5.74) is 2.80. The Balaban J connectivity index is 1.50. The summed E-state index contributed by atoms with van der Waals surface area (Å²) < 4.78 is 7.05. The van der Waals surface area contributed by atoms with E-state index in [4.69, 9.17) is 4.52 Å². The van der Waals surface area contributed by atoms with Gasteiger partial charge in [0.1, 0.15) is 17.0 Å². The zero-order valence-corrected chi connectivity index (χ0v) is 18.3. The average Bonchev–Trinajstić information content (AvgIpc) is 3.28. The van der Waals surface area contributed by atoms with Crippen LogP contribution < -0.4 is 5.32 Å². The van der Waals surface area contributed by atoms with Crippen LogP contribution in [0.2, 0.25) is 0 Å². The van der Waals surface area contributed by atoms with E-state index < -0.39 is 0 Å². The third-order valence-electron chi connectivity index (χ3n) is 6.46. The van der Waals surface area contributed by atoms with Gasteiger partial charge in [0.15, 0.2) is 0 Å². The molecular formula is C22H31N5O3. The van der Waals surface area contributed by atoms with Gasteiger partial charge in [-0.3, -0.25) is 14.3 Å². The molecule has 8 nitrogen and oxygen atoms in total. The van der Waals surface area contributed by atoms with Gasteiger partial charge in [0.25, 0.3) is 11.8 Å². The summed E-state index contributed by atoms with van der Waals surface area (Å²) in [5.74, 6) is 0.543. The van der Waals surface area contributed by atoms with Gasteiger partial charge in [0.05, 0.1) is 11.4 Å². The monoisotopic (exact) mass is 413 g/mol. The van der Waals surface area contributed by atoms with Crippen molar-refractivity contribution in [3.63, 3.8) is 0 Å². The van der Waals surface area contributed by atoms with Gasteiger partial charge in [-0.1, -0.05) is 12.1 Å². The highest BCUT2D eigenvalue weighted by Crippen LogP contribution is 2.36. The summed E-state index contributed by atoms with van der Waals surface area (Å²) in [7, 11) is 0. The molecule has 2 fully saturated rings. The first kappa shape index (κ1) is 20.6. The minimum Gasteiger partial charge on any atom is -0.361 e. The normalized spacial score (nSPS) is 23.5. The lowest BCUT2D eigenvalue weighted by Crippen LogP contribution is -2.59. The fourth-order valence-corrected chi connectivity index (χ4v) is 5.12. The smallest absolute Gasteiger partial charge is 0.269 e.